The van der Waals surface area contributed by atoms with Crippen molar-refractivity contribution in [3.63, 3.8) is 0 Å². The van der Waals surface area contributed by atoms with E-state index >= 15 is 0 Å². The van der Waals surface area contributed by atoms with Gasteiger partial charge in [-0.2, -0.15) is 0 Å². The first-order chi connectivity index (χ1) is 7.42. The third-order valence-corrected chi connectivity index (χ3v) is 3.52. The summed E-state index contributed by atoms with van der Waals surface area (Å²) in [6.07, 6.45) is 2.11. The van der Waals surface area contributed by atoms with Crippen LogP contribution < -0.4 is 5.32 Å². The summed E-state index contributed by atoms with van der Waals surface area (Å²) in [6.45, 7) is 13.2. The molecule has 0 amide bonds. The maximum atomic E-state index is 4.64. The van der Waals surface area contributed by atoms with Gasteiger partial charge in [-0.3, -0.25) is 0 Å². The Balaban J connectivity index is 0.00000256. The summed E-state index contributed by atoms with van der Waals surface area (Å²) in [5.41, 5.74) is 1.64. The maximum absolute atomic E-state index is 4.64. The zero-order chi connectivity index (χ0) is 12.2. The van der Waals surface area contributed by atoms with E-state index in [9.17, 15) is 0 Å². The highest BCUT2D eigenvalue weighted by Crippen LogP contribution is 2.18. The normalized spacial score (nSPS) is 11.4. The van der Waals surface area contributed by atoms with Gasteiger partial charge in [0.2, 0.25) is 0 Å². The van der Waals surface area contributed by atoms with Crippen LogP contribution >= 0.6 is 23.7 Å². The van der Waals surface area contributed by atoms with Crippen LogP contribution in [0.3, 0.4) is 0 Å². The molecule has 1 N–H and O–H groups in total. The molecule has 2 nitrogen and oxygen atoms in total. The van der Waals surface area contributed by atoms with Crippen molar-refractivity contribution in [2.75, 3.05) is 13.1 Å². The van der Waals surface area contributed by atoms with Gasteiger partial charge in [-0.1, -0.05) is 27.7 Å². The Morgan fingerprint density at radius 3 is 2.41 bits per heavy atom. The van der Waals surface area contributed by atoms with Gasteiger partial charge in [-0.15, -0.1) is 23.7 Å². The van der Waals surface area contributed by atoms with Crippen molar-refractivity contribution >= 4 is 23.7 Å². The van der Waals surface area contributed by atoms with Crippen molar-refractivity contribution in [1.29, 1.82) is 0 Å². The van der Waals surface area contributed by atoms with Crippen LogP contribution in [0.1, 0.15) is 43.3 Å². The zero-order valence-corrected chi connectivity index (χ0v) is 13.2. The summed E-state index contributed by atoms with van der Waals surface area (Å²) < 4.78 is 0. The molecule has 0 aliphatic carbocycles. The molecule has 0 saturated heterocycles. The molecule has 0 bridgehead atoms. The molecule has 0 aliphatic rings. The SMILES string of the molecule is CCc1nc(CCNCC(C)(C)C)sc1C.Cl. The van der Waals surface area contributed by atoms with Gasteiger partial charge in [-0.25, -0.2) is 4.98 Å². The first kappa shape index (κ1) is 16.9. The summed E-state index contributed by atoms with van der Waals surface area (Å²) in [4.78, 5) is 6.02. The van der Waals surface area contributed by atoms with E-state index in [-0.39, 0.29) is 12.4 Å². The van der Waals surface area contributed by atoms with Crippen LogP contribution in [0.4, 0.5) is 0 Å². The number of nitrogens with zero attached hydrogens (tertiary/aromatic N) is 1. The molecule has 0 unspecified atom stereocenters. The molecule has 1 aromatic rings. The van der Waals surface area contributed by atoms with Crippen molar-refractivity contribution in [3.8, 4) is 0 Å². The molecule has 0 radical (unpaired) electrons. The van der Waals surface area contributed by atoms with Crippen LogP contribution in [0.5, 0.6) is 0 Å². The molecule has 100 valence electrons. The fourth-order valence-corrected chi connectivity index (χ4v) is 2.60. The molecule has 0 saturated carbocycles. The number of thiazole rings is 1. The Morgan fingerprint density at radius 1 is 1.29 bits per heavy atom. The van der Waals surface area contributed by atoms with Crippen molar-refractivity contribution in [2.24, 2.45) is 5.41 Å². The largest absolute Gasteiger partial charge is 0.316 e. The molecule has 4 heteroatoms. The molecule has 0 fully saturated rings. The lowest BCUT2D eigenvalue weighted by Crippen LogP contribution is -2.28. The van der Waals surface area contributed by atoms with Crippen LogP contribution in [-0.4, -0.2) is 18.1 Å². The average molecular weight is 277 g/mol. The molecule has 0 aromatic carbocycles. The van der Waals surface area contributed by atoms with E-state index in [4.69, 9.17) is 0 Å². The van der Waals surface area contributed by atoms with E-state index in [0.717, 1.165) is 25.9 Å². The molecule has 1 rings (SSSR count). The van der Waals surface area contributed by atoms with E-state index in [1.165, 1.54) is 15.6 Å². The van der Waals surface area contributed by atoms with Crippen molar-refractivity contribution < 1.29 is 0 Å². The van der Waals surface area contributed by atoms with Crippen LogP contribution in [0.15, 0.2) is 0 Å². The number of aryl methyl sites for hydroxylation is 2. The summed E-state index contributed by atoms with van der Waals surface area (Å²) in [5.74, 6) is 0. The van der Waals surface area contributed by atoms with Gasteiger partial charge in [-0.05, 0) is 18.8 Å². The Kier molecular flexibility index (Phi) is 7.29. The number of aromatic nitrogens is 1. The minimum absolute atomic E-state index is 0. The fourth-order valence-electron chi connectivity index (χ4n) is 1.58. The molecule has 0 spiro atoms. The van der Waals surface area contributed by atoms with E-state index < -0.39 is 0 Å². The van der Waals surface area contributed by atoms with E-state index in [0.29, 0.717) is 5.41 Å². The second-order valence-electron chi connectivity index (χ2n) is 5.45. The number of hydrogen-bond donors (Lipinski definition) is 1. The fraction of sp³-hybridized carbons (Fsp3) is 0.769. The standard InChI is InChI=1S/C13H24N2S.ClH/c1-6-11-10(2)16-12(15-11)7-8-14-9-13(3,4)5;/h14H,6-9H2,1-5H3;1H. The maximum Gasteiger partial charge on any atom is 0.0943 e. The van der Waals surface area contributed by atoms with E-state index in [1.807, 2.05) is 11.3 Å². The molecular formula is C13H25ClN2S. The van der Waals surface area contributed by atoms with Gasteiger partial charge in [0, 0.05) is 24.4 Å². The molecule has 17 heavy (non-hydrogen) atoms. The lowest BCUT2D eigenvalue weighted by molar-refractivity contribution is 0.381. The van der Waals surface area contributed by atoms with Gasteiger partial charge in [0.1, 0.15) is 0 Å². The Labute approximate surface area is 116 Å². The molecular weight excluding hydrogens is 252 g/mol. The van der Waals surface area contributed by atoms with Crippen molar-refractivity contribution in [2.45, 2.75) is 47.5 Å². The van der Waals surface area contributed by atoms with Crippen LogP contribution in [-0.2, 0) is 12.8 Å². The lowest BCUT2D eigenvalue weighted by Gasteiger charge is -2.18. The predicted octanol–water partition coefficient (Wildman–Crippen LogP) is 3.61. The highest BCUT2D eigenvalue weighted by atomic mass is 35.5. The minimum atomic E-state index is 0. The molecule has 1 heterocycles. The third-order valence-electron chi connectivity index (χ3n) is 2.44. The van der Waals surface area contributed by atoms with Gasteiger partial charge >= 0.3 is 0 Å². The summed E-state index contributed by atoms with van der Waals surface area (Å²) >= 11 is 1.85. The lowest BCUT2D eigenvalue weighted by atomic mass is 9.97. The number of nitrogens with one attached hydrogen (secondary N) is 1. The molecule has 1 aromatic heterocycles. The van der Waals surface area contributed by atoms with E-state index in [1.54, 1.807) is 0 Å². The summed E-state index contributed by atoms with van der Waals surface area (Å²) in [7, 11) is 0. The Bertz CT molecular complexity index is 329. The van der Waals surface area contributed by atoms with Crippen LogP contribution in [0.2, 0.25) is 0 Å². The van der Waals surface area contributed by atoms with Gasteiger partial charge in [0.05, 0.1) is 10.7 Å². The highest BCUT2D eigenvalue weighted by molar-refractivity contribution is 7.11. The van der Waals surface area contributed by atoms with Crippen molar-refractivity contribution in [1.82, 2.24) is 10.3 Å². The molecule has 0 atom stereocenters. The van der Waals surface area contributed by atoms with Gasteiger partial charge in [0.25, 0.3) is 0 Å². The first-order valence-corrected chi connectivity index (χ1v) is 6.90. The van der Waals surface area contributed by atoms with Crippen LogP contribution in [0.25, 0.3) is 0 Å². The minimum Gasteiger partial charge on any atom is -0.316 e. The second-order valence-corrected chi connectivity index (χ2v) is 6.74. The first-order valence-electron chi connectivity index (χ1n) is 6.08. The second kappa shape index (κ2) is 7.34. The van der Waals surface area contributed by atoms with Gasteiger partial charge in [0.15, 0.2) is 0 Å². The Hall–Kier alpha value is -0.120. The number of halogens is 1. The topological polar surface area (TPSA) is 24.9 Å². The smallest absolute Gasteiger partial charge is 0.0943 e. The third kappa shape index (κ3) is 6.39. The van der Waals surface area contributed by atoms with Crippen molar-refractivity contribution in [3.05, 3.63) is 15.6 Å². The number of hydrogen-bond acceptors (Lipinski definition) is 3. The highest BCUT2D eigenvalue weighted by Gasteiger charge is 2.09. The van der Waals surface area contributed by atoms with E-state index in [2.05, 4.69) is 44.9 Å². The average Bonchev–Trinajstić information content (AvgIpc) is 2.52. The summed E-state index contributed by atoms with van der Waals surface area (Å²) in [6, 6.07) is 0. The summed E-state index contributed by atoms with van der Waals surface area (Å²) in [5, 5.41) is 4.76. The monoisotopic (exact) mass is 276 g/mol. The van der Waals surface area contributed by atoms with Gasteiger partial charge < -0.3 is 5.32 Å². The zero-order valence-electron chi connectivity index (χ0n) is 11.6. The number of rotatable bonds is 5. The quantitative estimate of drug-likeness (QED) is 0.831. The van der Waals surface area contributed by atoms with Crippen LogP contribution in [0, 0.1) is 12.3 Å². The Morgan fingerprint density at radius 2 is 1.94 bits per heavy atom. The predicted molar refractivity (Wildman–Crippen MR) is 79.5 cm³/mol. The molecule has 0 aliphatic heterocycles.